The molecule has 0 aromatic heterocycles. The third-order valence-corrected chi connectivity index (χ3v) is 3.16. The summed E-state index contributed by atoms with van der Waals surface area (Å²) < 4.78 is 0. The molecule has 1 aliphatic heterocycles. The van der Waals surface area contributed by atoms with E-state index in [1.165, 1.54) is 11.1 Å². The maximum absolute atomic E-state index is 4.44. The SMILES string of the molecule is C1=NN(Cc2ccccc2)CN1Cc1ccccc1.[Br-]. The molecule has 1 heterocycles. The van der Waals surface area contributed by atoms with Crippen LogP contribution in [0.2, 0.25) is 0 Å². The van der Waals surface area contributed by atoms with E-state index in [4.69, 9.17) is 0 Å². The second kappa shape index (κ2) is 7.10. The van der Waals surface area contributed by atoms with Gasteiger partial charge in [0.1, 0.15) is 13.0 Å². The average molecular weight is 331 g/mol. The first kappa shape index (κ1) is 14.6. The van der Waals surface area contributed by atoms with E-state index in [0.29, 0.717) is 0 Å². The highest BCUT2D eigenvalue weighted by Gasteiger charge is 2.13. The molecule has 0 spiro atoms. The Bertz CT molecular complexity index is 493. The molecule has 0 radical (unpaired) electrons. The van der Waals surface area contributed by atoms with Crippen molar-refractivity contribution in [1.29, 1.82) is 0 Å². The van der Waals surface area contributed by atoms with Gasteiger partial charge in [-0.25, -0.2) is 0 Å². The lowest BCUT2D eigenvalue weighted by Gasteiger charge is -2.19. The first-order valence-corrected chi connectivity index (χ1v) is 6.51. The molecule has 3 nitrogen and oxygen atoms in total. The third-order valence-electron chi connectivity index (χ3n) is 3.16. The van der Waals surface area contributed by atoms with Crippen LogP contribution in [0.15, 0.2) is 65.8 Å². The Labute approximate surface area is 130 Å². The van der Waals surface area contributed by atoms with E-state index in [-0.39, 0.29) is 17.0 Å². The standard InChI is InChI=1S/C16H17N3.BrH/c1-3-7-15(8-4-1)11-18-13-17-19(14-18)12-16-9-5-2-6-10-16;/h1-10,13H,11-12,14H2;1H/p-1. The molecule has 2 aromatic rings. The van der Waals surface area contributed by atoms with Crippen LogP contribution in [0.4, 0.5) is 0 Å². The van der Waals surface area contributed by atoms with Crippen LogP contribution in [-0.4, -0.2) is 22.9 Å². The number of rotatable bonds is 4. The zero-order chi connectivity index (χ0) is 12.9. The molecule has 0 saturated heterocycles. The van der Waals surface area contributed by atoms with Crippen LogP contribution in [0.25, 0.3) is 0 Å². The number of benzene rings is 2. The maximum atomic E-state index is 4.44. The van der Waals surface area contributed by atoms with Gasteiger partial charge in [-0.1, -0.05) is 60.7 Å². The van der Waals surface area contributed by atoms with E-state index >= 15 is 0 Å². The molecule has 1 aliphatic rings. The van der Waals surface area contributed by atoms with Gasteiger partial charge >= 0.3 is 0 Å². The summed E-state index contributed by atoms with van der Waals surface area (Å²) >= 11 is 0. The first-order valence-electron chi connectivity index (χ1n) is 6.51. The number of hydrogen-bond acceptors (Lipinski definition) is 3. The summed E-state index contributed by atoms with van der Waals surface area (Å²) in [6.45, 7) is 2.63. The van der Waals surface area contributed by atoms with E-state index in [2.05, 4.69) is 63.5 Å². The predicted octanol–water partition coefficient (Wildman–Crippen LogP) is -0.0908. The third kappa shape index (κ3) is 3.84. The van der Waals surface area contributed by atoms with Crippen LogP contribution in [0, 0.1) is 0 Å². The zero-order valence-electron chi connectivity index (χ0n) is 11.2. The van der Waals surface area contributed by atoms with Gasteiger partial charge in [-0.2, -0.15) is 5.10 Å². The van der Waals surface area contributed by atoms with Gasteiger partial charge in [0, 0.05) is 6.54 Å². The minimum Gasteiger partial charge on any atom is -1.00 e. The summed E-state index contributed by atoms with van der Waals surface area (Å²) in [4.78, 5) is 2.22. The lowest BCUT2D eigenvalue weighted by Crippen LogP contribution is -3.00. The van der Waals surface area contributed by atoms with Crippen molar-refractivity contribution in [3.05, 3.63) is 71.8 Å². The second-order valence-electron chi connectivity index (χ2n) is 4.75. The van der Waals surface area contributed by atoms with Gasteiger partial charge in [-0.05, 0) is 11.1 Å². The van der Waals surface area contributed by atoms with Crippen molar-refractivity contribution < 1.29 is 17.0 Å². The predicted molar refractivity (Wildman–Crippen MR) is 77.3 cm³/mol. The summed E-state index contributed by atoms with van der Waals surface area (Å²) in [7, 11) is 0. The lowest BCUT2D eigenvalue weighted by molar-refractivity contribution is -0.00000389. The van der Waals surface area contributed by atoms with Gasteiger partial charge in [0.25, 0.3) is 0 Å². The normalized spacial score (nSPS) is 13.4. The quantitative estimate of drug-likeness (QED) is 0.780. The molecule has 3 rings (SSSR count). The molecule has 0 bridgehead atoms. The fourth-order valence-corrected chi connectivity index (χ4v) is 2.22. The van der Waals surface area contributed by atoms with Crippen molar-refractivity contribution in [3.8, 4) is 0 Å². The van der Waals surface area contributed by atoms with Crippen molar-refractivity contribution in [1.82, 2.24) is 9.91 Å². The topological polar surface area (TPSA) is 18.8 Å². The van der Waals surface area contributed by atoms with Crippen molar-refractivity contribution in [2.24, 2.45) is 5.10 Å². The van der Waals surface area contributed by atoms with E-state index in [1.54, 1.807) is 0 Å². The fraction of sp³-hybridized carbons (Fsp3) is 0.188. The van der Waals surface area contributed by atoms with Crippen molar-refractivity contribution in [3.63, 3.8) is 0 Å². The molecule has 4 heteroatoms. The Morgan fingerprint density at radius 1 is 0.800 bits per heavy atom. The lowest BCUT2D eigenvalue weighted by atomic mass is 10.2. The fourth-order valence-electron chi connectivity index (χ4n) is 2.22. The van der Waals surface area contributed by atoms with E-state index in [9.17, 15) is 0 Å². The highest BCUT2D eigenvalue weighted by molar-refractivity contribution is 5.56. The molecule has 0 aliphatic carbocycles. The first-order chi connectivity index (χ1) is 9.40. The Morgan fingerprint density at radius 3 is 1.95 bits per heavy atom. The van der Waals surface area contributed by atoms with Gasteiger partial charge in [-0.15, -0.1) is 0 Å². The molecule has 2 aromatic carbocycles. The monoisotopic (exact) mass is 330 g/mol. The van der Waals surface area contributed by atoms with Crippen molar-refractivity contribution in [2.75, 3.05) is 6.67 Å². The minimum absolute atomic E-state index is 0. The zero-order valence-corrected chi connectivity index (χ0v) is 12.8. The highest BCUT2D eigenvalue weighted by Crippen LogP contribution is 2.12. The number of halogens is 1. The minimum atomic E-state index is 0. The molecule has 104 valence electrons. The molecule has 0 saturated carbocycles. The van der Waals surface area contributed by atoms with Crippen LogP contribution in [0.5, 0.6) is 0 Å². The van der Waals surface area contributed by atoms with E-state index in [0.717, 1.165) is 19.8 Å². The molecule has 0 N–H and O–H groups in total. The Kier molecular flexibility index (Phi) is 5.18. The molecular weight excluding hydrogens is 314 g/mol. The Balaban J connectivity index is 0.00000147. The largest absolute Gasteiger partial charge is 1.00 e. The number of nitrogens with zero attached hydrogens (tertiary/aromatic N) is 3. The van der Waals surface area contributed by atoms with Gasteiger partial charge < -0.3 is 21.9 Å². The average Bonchev–Trinajstić information content (AvgIpc) is 2.88. The summed E-state index contributed by atoms with van der Waals surface area (Å²) in [5.41, 5.74) is 2.61. The second-order valence-corrected chi connectivity index (χ2v) is 4.75. The van der Waals surface area contributed by atoms with Crippen molar-refractivity contribution in [2.45, 2.75) is 13.1 Å². The van der Waals surface area contributed by atoms with Crippen LogP contribution >= 0.6 is 0 Å². The van der Waals surface area contributed by atoms with Gasteiger partial charge in [0.15, 0.2) is 0 Å². The number of hydrogen-bond donors (Lipinski definition) is 0. The summed E-state index contributed by atoms with van der Waals surface area (Å²) in [6, 6.07) is 20.9. The summed E-state index contributed by atoms with van der Waals surface area (Å²) in [5, 5.41) is 6.52. The highest BCUT2D eigenvalue weighted by atomic mass is 79.9. The molecular formula is C16H17BrN3-. The summed E-state index contributed by atoms with van der Waals surface area (Å²) in [5.74, 6) is 0. The van der Waals surface area contributed by atoms with E-state index < -0.39 is 0 Å². The van der Waals surface area contributed by atoms with Gasteiger partial charge in [0.2, 0.25) is 0 Å². The van der Waals surface area contributed by atoms with Gasteiger partial charge in [0.05, 0.1) is 6.54 Å². The smallest absolute Gasteiger partial charge is 0.113 e. The Morgan fingerprint density at radius 2 is 1.35 bits per heavy atom. The number of hydrazone groups is 1. The molecule has 0 amide bonds. The summed E-state index contributed by atoms with van der Waals surface area (Å²) in [6.07, 6.45) is 1.93. The van der Waals surface area contributed by atoms with E-state index in [1.807, 2.05) is 18.5 Å². The Hall–Kier alpha value is -1.81. The van der Waals surface area contributed by atoms with Crippen molar-refractivity contribution >= 4 is 6.34 Å². The van der Waals surface area contributed by atoms with Crippen LogP contribution < -0.4 is 17.0 Å². The van der Waals surface area contributed by atoms with Gasteiger partial charge in [-0.3, -0.25) is 5.01 Å². The maximum Gasteiger partial charge on any atom is 0.113 e. The molecule has 0 fully saturated rings. The molecule has 0 unspecified atom stereocenters. The molecule has 0 atom stereocenters. The van der Waals surface area contributed by atoms with Crippen LogP contribution in [0.3, 0.4) is 0 Å². The molecule has 20 heavy (non-hydrogen) atoms. The van der Waals surface area contributed by atoms with Crippen LogP contribution in [0.1, 0.15) is 11.1 Å². The van der Waals surface area contributed by atoms with Crippen LogP contribution in [-0.2, 0) is 13.1 Å².